The molecule has 3 aromatic rings. The van der Waals surface area contributed by atoms with Crippen molar-refractivity contribution in [1.82, 2.24) is 24.8 Å². The Morgan fingerprint density at radius 3 is 2.52 bits per heavy atom. The van der Waals surface area contributed by atoms with E-state index in [2.05, 4.69) is 24.8 Å². The first-order valence-corrected chi connectivity index (χ1v) is 9.14. The molecule has 7 nitrogen and oxygen atoms in total. The van der Waals surface area contributed by atoms with Gasteiger partial charge < -0.3 is 10.7 Å². The number of halogens is 2. The molecule has 1 aliphatic heterocycles. The molecule has 0 unspecified atom stereocenters. The average Bonchev–Trinajstić information content (AvgIpc) is 2.65. The van der Waals surface area contributed by atoms with E-state index < -0.39 is 0 Å². The van der Waals surface area contributed by atoms with Gasteiger partial charge in [-0.3, -0.25) is 9.69 Å². The zero-order valence-corrected chi connectivity index (χ0v) is 15.8. The fourth-order valence-corrected chi connectivity index (χ4v) is 3.67. The molecule has 4 rings (SSSR count). The lowest BCUT2D eigenvalue weighted by atomic mass is 10.1. The average molecular weight is 403 g/mol. The molecule has 0 amide bonds. The van der Waals surface area contributed by atoms with E-state index in [9.17, 15) is 4.79 Å². The second-order valence-corrected chi connectivity index (χ2v) is 7.02. The number of hydrogen-bond donors (Lipinski definition) is 2. The van der Waals surface area contributed by atoms with Gasteiger partial charge in [-0.15, -0.1) is 0 Å². The number of fused-ring (bicyclic) bond motifs is 1. The molecule has 138 valence electrons. The minimum Gasteiger partial charge on any atom is -0.368 e. The maximum Gasteiger partial charge on any atom is 0.255 e. The molecule has 0 spiro atoms. The van der Waals surface area contributed by atoms with Crippen LogP contribution in [-0.2, 0) is 19.5 Å². The minimum atomic E-state index is -0.130. The number of aromatic amines is 1. The summed E-state index contributed by atoms with van der Waals surface area (Å²) in [7, 11) is 0. The molecule has 3 N–H and O–H groups in total. The molecule has 0 saturated carbocycles. The Morgan fingerprint density at radius 1 is 1.11 bits per heavy atom. The van der Waals surface area contributed by atoms with Gasteiger partial charge in [-0.2, -0.15) is 0 Å². The summed E-state index contributed by atoms with van der Waals surface area (Å²) in [6.45, 7) is 1.59. The minimum absolute atomic E-state index is 0.0341. The van der Waals surface area contributed by atoms with Crippen molar-refractivity contribution in [3.05, 3.63) is 67.8 Å². The van der Waals surface area contributed by atoms with Crippen LogP contribution in [0.2, 0.25) is 10.3 Å². The van der Waals surface area contributed by atoms with Gasteiger partial charge in [-0.1, -0.05) is 53.5 Å². The largest absolute Gasteiger partial charge is 0.368 e. The monoisotopic (exact) mass is 402 g/mol. The summed E-state index contributed by atoms with van der Waals surface area (Å²) in [6, 6.07) is 9.60. The smallest absolute Gasteiger partial charge is 0.255 e. The van der Waals surface area contributed by atoms with Gasteiger partial charge >= 0.3 is 0 Å². The third-order valence-electron chi connectivity index (χ3n) is 4.50. The van der Waals surface area contributed by atoms with Crippen LogP contribution in [0.5, 0.6) is 0 Å². The second-order valence-electron chi connectivity index (χ2n) is 6.31. The van der Waals surface area contributed by atoms with Gasteiger partial charge in [0.2, 0.25) is 5.95 Å². The lowest BCUT2D eigenvalue weighted by Crippen LogP contribution is -2.35. The number of nitrogens with two attached hydrogens (primary N) is 1. The number of anilines is 1. The van der Waals surface area contributed by atoms with Gasteiger partial charge in [0, 0.05) is 37.2 Å². The summed E-state index contributed by atoms with van der Waals surface area (Å²) in [6.07, 6.45) is 0.657. The molecule has 27 heavy (non-hydrogen) atoms. The fourth-order valence-electron chi connectivity index (χ4n) is 3.15. The summed E-state index contributed by atoms with van der Waals surface area (Å²) < 4.78 is 0. The number of nitrogen functional groups attached to an aromatic ring is 1. The Kier molecular flexibility index (Phi) is 4.82. The first-order chi connectivity index (χ1) is 13.0. The van der Waals surface area contributed by atoms with Crippen molar-refractivity contribution in [1.29, 1.82) is 0 Å². The molecular formula is C18H16Cl2N6O. The SMILES string of the molecule is Nc1nc(Cl)c(CN2CCc3nc(-c4ccccc4)[nH]c(=O)c3C2)c(Cl)n1. The molecule has 2 aromatic heterocycles. The van der Waals surface area contributed by atoms with Crippen molar-refractivity contribution in [2.45, 2.75) is 19.5 Å². The Labute approximate surface area is 165 Å². The Bertz CT molecular complexity index is 1030. The number of aromatic nitrogens is 4. The molecule has 0 fully saturated rings. The van der Waals surface area contributed by atoms with Crippen LogP contribution in [0, 0.1) is 0 Å². The number of hydrogen-bond acceptors (Lipinski definition) is 6. The van der Waals surface area contributed by atoms with E-state index in [0.29, 0.717) is 43.0 Å². The maximum absolute atomic E-state index is 12.6. The number of rotatable bonds is 3. The molecule has 0 aliphatic carbocycles. The van der Waals surface area contributed by atoms with E-state index in [0.717, 1.165) is 11.3 Å². The van der Waals surface area contributed by atoms with E-state index in [1.165, 1.54) is 0 Å². The summed E-state index contributed by atoms with van der Waals surface area (Å²) >= 11 is 12.3. The highest BCUT2D eigenvalue weighted by atomic mass is 35.5. The van der Waals surface area contributed by atoms with Crippen LogP contribution in [0.1, 0.15) is 16.8 Å². The number of nitrogens with zero attached hydrogens (tertiary/aromatic N) is 4. The lowest BCUT2D eigenvalue weighted by molar-refractivity contribution is 0.241. The summed E-state index contributed by atoms with van der Waals surface area (Å²) in [5.74, 6) is 0.623. The first-order valence-electron chi connectivity index (χ1n) is 8.38. The molecular weight excluding hydrogens is 387 g/mol. The molecule has 0 bridgehead atoms. The molecule has 0 radical (unpaired) electrons. The van der Waals surface area contributed by atoms with E-state index >= 15 is 0 Å². The molecule has 9 heteroatoms. The third-order valence-corrected chi connectivity index (χ3v) is 5.13. The molecule has 3 heterocycles. The Morgan fingerprint density at radius 2 is 1.81 bits per heavy atom. The van der Waals surface area contributed by atoms with Crippen LogP contribution in [0.4, 0.5) is 5.95 Å². The molecule has 0 saturated heterocycles. The Hall–Kier alpha value is -2.48. The summed E-state index contributed by atoms with van der Waals surface area (Å²) in [4.78, 5) is 30.1. The van der Waals surface area contributed by atoms with Gasteiger partial charge in [-0.05, 0) is 0 Å². The van der Waals surface area contributed by atoms with Crippen LogP contribution in [0.3, 0.4) is 0 Å². The van der Waals surface area contributed by atoms with Gasteiger partial charge in [0.05, 0.1) is 11.3 Å². The molecule has 1 aromatic carbocycles. The Balaban J connectivity index is 1.60. The van der Waals surface area contributed by atoms with Gasteiger partial charge in [0.15, 0.2) is 0 Å². The van der Waals surface area contributed by atoms with Crippen LogP contribution >= 0.6 is 23.2 Å². The molecule has 0 atom stereocenters. The third kappa shape index (κ3) is 3.66. The number of benzene rings is 1. The lowest BCUT2D eigenvalue weighted by Gasteiger charge is -2.28. The van der Waals surface area contributed by atoms with E-state index in [1.807, 2.05) is 30.3 Å². The normalized spacial score (nSPS) is 14.1. The van der Waals surface area contributed by atoms with Crippen molar-refractivity contribution in [3.63, 3.8) is 0 Å². The van der Waals surface area contributed by atoms with E-state index in [-0.39, 0.29) is 21.8 Å². The van der Waals surface area contributed by atoms with Crippen LogP contribution in [0.15, 0.2) is 35.1 Å². The van der Waals surface area contributed by atoms with Crippen molar-refractivity contribution in [3.8, 4) is 11.4 Å². The summed E-state index contributed by atoms with van der Waals surface area (Å²) in [5.41, 5.74) is 8.38. The number of H-pyrrole nitrogens is 1. The van der Waals surface area contributed by atoms with Gasteiger partial charge in [0.25, 0.3) is 5.56 Å². The standard InChI is InChI=1S/C18H16Cl2N6O/c19-14-12(15(20)24-18(21)23-14)9-26-7-6-13-11(8-26)17(27)25-16(22-13)10-4-2-1-3-5-10/h1-5H,6-9H2,(H2,21,23,24)(H,22,25,27). The van der Waals surface area contributed by atoms with Crippen LogP contribution in [-0.4, -0.2) is 31.4 Å². The highest BCUT2D eigenvalue weighted by molar-refractivity contribution is 6.34. The van der Waals surface area contributed by atoms with Crippen LogP contribution in [0.25, 0.3) is 11.4 Å². The quantitative estimate of drug-likeness (QED) is 0.653. The van der Waals surface area contributed by atoms with E-state index in [4.69, 9.17) is 28.9 Å². The second kappa shape index (κ2) is 7.26. The first kappa shape index (κ1) is 17.9. The van der Waals surface area contributed by atoms with Crippen molar-refractivity contribution >= 4 is 29.2 Å². The molecule has 1 aliphatic rings. The predicted octanol–water partition coefficient (Wildman–Crippen LogP) is 2.67. The van der Waals surface area contributed by atoms with Crippen LogP contribution < -0.4 is 11.3 Å². The van der Waals surface area contributed by atoms with Crippen molar-refractivity contribution in [2.24, 2.45) is 0 Å². The van der Waals surface area contributed by atoms with Crippen molar-refractivity contribution in [2.75, 3.05) is 12.3 Å². The van der Waals surface area contributed by atoms with Gasteiger partial charge in [-0.25, -0.2) is 15.0 Å². The highest BCUT2D eigenvalue weighted by Crippen LogP contribution is 2.26. The zero-order valence-electron chi connectivity index (χ0n) is 14.2. The maximum atomic E-state index is 12.6. The zero-order chi connectivity index (χ0) is 19.0. The predicted molar refractivity (Wildman–Crippen MR) is 105 cm³/mol. The number of nitrogens with one attached hydrogen (secondary N) is 1. The topological polar surface area (TPSA) is 101 Å². The van der Waals surface area contributed by atoms with Crippen molar-refractivity contribution < 1.29 is 0 Å². The van der Waals surface area contributed by atoms with E-state index in [1.54, 1.807) is 0 Å². The summed E-state index contributed by atoms with van der Waals surface area (Å²) in [5, 5.41) is 0.453. The fraction of sp³-hybridized carbons (Fsp3) is 0.222. The van der Waals surface area contributed by atoms with Gasteiger partial charge in [0.1, 0.15) is 16.1 Å². The highest BCUT2D eigenvalue weighted by Gasteiger charge is 2.23.